The van der Waals surface area contributed by atoms with Crippen molar-refractivity contribution in [1.82, 2.24) is 9.78 Å². The van der Waals surface area contributed by atoms with E-state index in [9.17, 15) is 20.0 Å². The van der Waals surface area contributed by atoms with Gasteiger partial charge in [0.2, 0.25) is 11.5 Å². The average Bonchev–Trinajstić information content (AvgIpc) is 3.60. The quantitative estimate of drug-likeness (QED) is 0.145. The highest BCUT2D eigenvalue weighted by Gasteiger charge is 2.28. The Hall–Kier alpha value is -5.02. The van der Waals surface area contributed by atoms with Crippen LogP contribution in [0.15, 0.2) is 41.0 Å². The number of aliphatic hydroxyl groups excluding tert-OH is 1. The largest absolute Gasteiger partial charge is 0.495 e. The van der Waals surface area contributed by atoms with Crippen molar-refractivity contribution >= 4 is 22.4 Å². The Morgan fingerprint density at radius 1 is 1.10 bits per heavy atom. The number of carbonyl (C=O) groups is 1. The summed E-state index contributed by atoms with van der Waals surface area (Å²) in [5.74, 6) is 6.55. The lowest BCUT2D eigenvalue weighted by molar-refractivity contribution is -0.385. The van der Waals surface area contributed by atoms with E-state index in [-0.39, 0.29) is 34.2 Å². The van der Waals surface area contributed by atoms with Gasteiger partial charge in [0.25, 0.3) is 0 Å². The Balaban J connectivity index is 1.99. The highest BCUT2D eigenvalue weighted by Crippen LogP contribution is 2.40. The number of nitro groups is 1. The Kier molecular flexibility index (Phi) is 7.73. The first kappa shape index (κ1) is 27.0. The number of aromatic nitrogens is 2. The van der Waals surface area contributed by atoms with Crippen LogP contribution in [0.1, 0.15) is 40.3 Å². The molecule has 2 aromatic carbocycles. The van der Waals surface area contributed by atoms with Crippen molar-refractivity contribution in [3.63, 3.8) is 0 Å². The summed E-state index contributed by atoms with van der Waals surface area (Å²) in [6.45, 7) is 1.30. The van der Waals surface area contributed by atoms with Gasteiger partial charge in [0, 0.05) is 10.9 Å². The first-order chi connectivity index (χ1) is 18.8. The lowest BCUT2D eigenvalue weighted by Gasteiger charge is -2.13. The number of rotatable bonds is 9. The summed E-state index contributed by atoms with van der Waals surface area (Å²) in [5, 5.41) is 25.7. The van der Waals surface area contributed by atoms with Crippen LogP contribution in [0.25, 0.3) is 10.9 Å². The van der Waals surface area contributed by atoms with Gasteiger partial charge in [-0.2, -0.15) is 5.10 Å². The van der Waals surface area contributed by atoms with Gasteiger partial charge in [-0.1, -0.05) is 11.8 Å². The number of methoxy groups -OCH3 is 4. The van der Waals surface area contributed by atoms with Gasteiger partial charge in [-0.3, -0.25) is 19.6 Å². The second kappa shape index (κ2) is 11.2. The molecule has 0 spiro atoms. The van der Waals surface area contributed by atoms with E-state index in [0.29, 0.717) is 28.0 Å². The third kappa shape index (κ3) is 4.83. The number of hydrogen-bond acceptors (Lipinski definition) is 10. The SMILES string of the molecule is COc1cc(C(=O)c2nn(C(C)c3cc([N+](=O)[O-])co3)c3c(C#CCO)c(OC)ccc23)cc(OC)c1OC. The van der Waals surface area contributed by atoms with Crippen LogP contribution in [-0.2, 0) is 0 Å². The second-order valence-corrected chi connectivity index (χ2v) is 8.18. The molecule has 0 fully saturated rings. The normalized spacial score (nSPS) is 11.4. The Bertz CT molecular complexity index is 1600. The van der Waals surface area contributed by atoms with Crippen LogP contribution in [0.2, 0.25) is 0 Å². The molecule has 0 amide bonds. The minimum absolute atomic E-state index is 0.0712. The molecule has 0 aliphatic heterocycles. The third-order valence-corrected chi connectivity index (χ3v) is 6.08. The second-order valence-electron chi connectivity index (χ2n) is 8.18. The molecule has 0 aliphatic carbocycles. The molecule has 0 radical (unpaired) electrons. The summed E-state index contributed by atoms with van der Waals surface area (Å²) in [6.07, 6.45) is 1.03. The maximum Gasteiger partial charge on any atom is 0.307 e. The Morgan fingerprint density at radius 2 is 1.77 bits per heavy atom. The maximum absolute atomic E-state index is 13.9. The molecule has 12 heteroatoms. The number of nitrogens with zero attached hydrogens (tertiary/aromatic N) is 3. The number of furan rings is 1. The average molecular weight is 536 g/mol. The van der Waals surface area contributed by atoms with E-state index in [4.69, 9.17) is 23.4 Å². The summed E-state index contributed by atoms with van der Waals surface area (Å²) in [6, 6.07) is 6.95. The zero-order valence-corrected chi connectivity index (χ0v) is 21.8. The van der Waals surface area contributed by atoms with E-state index in [0.717, 1.165) is 6.26 Å². The standard InChI is InChI=1S/C27H25N3O9/c1-15(21-13-17(14-39-21)30(33)34)29-25-18(7-6-10-31)20(35-2)9-8-19(25)24(28-29)26(32)16-11-22(36-3)27(38-5)23(12-16)37-4/h8-9,11-15,31H,10H2,1-5H3. The minimum atomic E-state index is -0.690. The van der Waals surface area contributed by atoms with Gasteiger partial charge in [0.15, 0.2) is 17.8 Å². The van der Waals surface area contributed by atoms with Crippen LogP contribution in [0.3, 0.4) is 0 Å². The zero-order valence-electron chi connectivity index (χ0n) is 21.8. The first-order valence-corrected chi connectivity index (χ1v) is 11.6. The summed E-state index contributed by atoms with van der Waals surface area (Å²) in [4.78, 5) is 24.6. The number of benzene rings is 2. The van der Waals surface area contributed by atoms with E-state index < -0.39 is 23.4 Å². The van der Waals surface area contributed by atoms with Gasteiger partial charge >= 0.3 is 5.69 Å². The lowest BCUT2D eigenvalue weighted by Crippen LogP contribution is -2.11. The smallest absolute Gasteiger partial charge is 0.307 e. The summed E-state index contributed by atoms with van der Waals surface area (Å²) in [7, 11) is 5.81. The van der Waals surface area contributed by atoms with Crippen LogP contribution in [0.5, 0.6) is 23.0 Å². The summed E-state index contributed by atoms with van der Waals surface area (Å²) < 4.78 is 28.6. The van der Waals surface area contributed by atoms with E-state index in [1.165, 1.54) is 51.3 Å². The van der Waals surface area contributed by atoms with Gasteiger partial charge in [-0.25, -0.2) is 0 Å². The van der Waals surface area contributed by atoms with Crippen molar-refractivity contribution in [1.29, 1.82) is 0 Å². The molecule has 4 aromatic rings. The molecule has 1 atom stereocenters. The van der Waals surface area contributed by atoms with Crippen molar-refractivity contribution in [2.24, 2.45) is 0 Å². The molecule has 0 saturated carbocycles. The Morgan fingerprint density at radius 3 is 2.31 bits per heavy atom. The van der Waals surface area contributed by atoms with Crippen LogP contribution < -0.4 is 18.9 Å². The molecule has 2 heterocycles. The van der Waals surface area contributed by atoms with Crippen molar-refractivity contribution < 1.29 is 38.2 Å². The summed E-state index contributed by atoms with van der Waals surface area (Å²) >= 11 is 0. The van der Waals surface area contributed by atoms with Crippen molar-refractivity contribution in [2.45, 2.75) is 13.0 Å². The third-order valence-electron chi connectivity index (χ3n) is 6.08. The van der Waals surface area contributed by atoms with Gasteiger partial charge in [-0.05, 0) is 31.2 Å². The molecule has 1 unspecified atom stereocenters. The minimum Gasteiger partial charge on any atom is -0.495 e. The fourth-order valence-corrected chi connectivity index (χ4v) is 4.21. The molecule has 0 bridgehead atoms. The van der Waals surface area contributed by atoms with Crippen LogP contribution in [-0.4, -0.2) is 60.6 Å². The molecule has 0 aliphatic rings. The molecule has 1 N–H and O–H groups in total. The molecule has 12 nitrogen and oxygen atoms in total. The molecule has 39 heavy (non-hydrogen) atoms. The van der Waals surface area contributed by atoms with Gasteiger partial charge in [0.1, 0.15) is 29.9 Å². The van der Waals surface area contributed by atoms with Crippen LogP contribution in [0.4, 0.5) is 5.69 Å². The molecule has 2 aromatic heterocycles. The molecular weight excluding hydrogens is 510 g/mol. The fourth-order valence-electron chi connectivity index (χ4n) is 4.21. The van der Waals surface area contributed by atoms with Gasteiger partial charge < -0.3 is 28.5 Å². The highest BCUT2D eigenvalue weighted by molar-refractivity contribution is 6.16. The maximum atomic E-state index is 13.9. The van der Waals surface area contributed by atoms with Crippen molar-refractivity contribution in [2.75, 3.05) is 35.0 Å². The summed E-state index contributed by atoms with van der Waals surface area (Å²) in [5.41, 5.74) is 0.851. The van der Waals surface area contributed by atoms with E-state index >= 15 is 0 Å². The monoisotopic (exact) mass is 535 g/mol. The number of carbonyl (C=O) groups excluding carboxylic acids is 1. The van der Waals surface area contributed by atoms with Crippen LogP contribution >= 0.6 is 0 Å². The molecule has 4 rings (SSSR count). The van der Waals surface area contributed by atoms with Crippen molar-refractivity contribution in [3.8, 4) is 34.8 Å². The molecule has 0 saturated heterocycles. The number of aliphatic hydroxyl groups is 1. The fraction of sp³-hybridized carbons (Fsp3) is 0.259. The molecule has 202 valence electrons. The predicted octanol–water partition coefficient (Wildman–Crippen LogP) is 3.76. The first-order valence-electron chi connectivity index (χ1n) is 11.6. The van der Waals surface area contributed by atoms with Gasteiger partial charge in [0.05, 0.1) is 50.5 Å². The van der Waals surface area contributed by atoms with E-state index in [1.807, 2.05) is 0 Å². The highest BCUT2D eigenvalue weighted by atomic mass is 16.6. The Labute approximate surface area is 222 Å². The zero-order chi connectivity index (χ0) is 28.3. The molecular formula is C27H25N3O9. The predicted molar refractivity (Wildman–Crippen MR) is 139 cm³/mol. The number of fused-ring (bicyclic) bond motifs is 1. The van der Waals surface area contributed by atoms with Gasteiger partial charge in [-0.15, -0.1) is 0 Å². The number of hydrogen-bond donors (Lipinski definition) is 1. The van der Waals surface area contributed by atoms with E-state index in [1.54, 1.807) is 19.1 Å². The van der Waals surface area contributed by atoms with Crippen LogP contribution in [0, 0.1) is 22.0 Å². The van der Waals surface area contributed by atoms with Crippen molar-refractivity contribution in [3.05, 3.63) is 69.3 Å². The van der Waals surface area contributed by atoms with E-state index in [2.05, 4.69) is 16.9 Å². The number of ether oxygens (including phenoxy) is 4. The number of ketones is 1. The lowest BCUT2D eigenvalue weighted by atomic mass is 10.0. The topological polar surface area (TPSA) is 148 Å².